The lowest BCUT2D eigenvalue weighted by Gasteiger charge is -2.05. The van der Waals surface area contributed by atoms with Gasteiger partial charge in [-0.05, 0) is 30.7 Å². The summed E-state index contributed by atoms with van der Waals surface area (Å²) >= 11 is 1.50. The van der Waals surface area contributed by atoms with Gasteiger partial charge in [-0.3, -0.25) is 0 Å². The Morgan fingerprint density at radius 1 is 0.917 bits per heavy atom. The minimum absolute atomic E-state index is 0.643. The molecule has 0 radical (unpaired) electrons. The smallest absolute Gasteiger partial charge is 0.237 e. The van der Waals surface area contributed by atoms with Crippen LogP contribution in [0.1, 0.15) is 21.7 Å². The van der Waals surface area contributed by atoms with Crippen molar-refractivity contribution in [1.82, 2.24) is 4.98 Å². The van der Waals surface area contributed by atoms with E-state index >= 15 is 0 Å². The van der Waals surface area contributed by atoms with E-state index in [1.165, 1.54) is 29.0 Å². The van der Waals surface area contributed by atoms with Gasteiger partial charge in [0.05, 0.1) is 11.3 Å². The van der Waals surface area contributed by atoms with Crippen molar-refractivity contribution in [1.29, 1.82) is 0 Å². The van der Waals surface area contributed by atoms with Crippen molar-refractivity contribution in [2.24, 2.45) is 0 Å². The molecule has 1 aromatic heterocycles. The largest absolute Gasteiger partial charge is 0.416 e. The van der Waals surface area contributed by atoms with Gasteiger partial charge in [0.25, 0.3) is 0 Å². The summed E-state index contributed by atoms with van der Waals surface area (Å²) in [5, 5.41) is 2.78. The molecule has 0 aliphatic carbocycles. The fourth-order valence-electron chi connectivity index (χ4n) is 2.17. The molecule has 0 saturated carbocycles. The Labute approximate surface area is 142 Å². The number of thiazole rings is 1. The summed E-state index contributed by atoms with van der Waals surface area (Å²) in [4.78, 5) is 4.53. The molecule has 0 fully saturated rings. The van der Waals surface area contributed by atoms with Crippen LogP contribution >= 0.6 is 11.3 Å². The molecule has 0 aliphatic heterocycles. The van der Waals surface area contributed by atoms with Crippen molar-refractivity contribution >= 4 is 23.5 Å². The summed E-state index contributed by atoms with van der Waals surface area (Å²) in [5.74, 6) is 0. The average molecular weight is 345 g/mol. The molecule has 5 heteroatoms. The molecule has 0 aliphatic rings. The van der Waals surface area contributed by atoms with Gasteiger partial charge in [0, 0.05) is 10.9 Å². The highest BCUT2D eigenvalue weighted by molar-refractivity contribution is 7.10. The van der Waals surface area contributed by atoms with E-state index in [-0.39, 0.29) is 0 Å². The summed E-state index contributed by atoms with van der Waals surface area (Å²) in [7, 11) is 0. The standard InChI is InChI=1S/C19H14F3NS/c1-13-2-7-15(8-3-13)17-12-24-18(23-17)11-6-14-4-9-16(10-5-14)19(20,21)22/h2-12H,1H3. The predicted octanol–water partition coefficient (Wildman–Crippen LogP) is 6.31. The van der Waals surface area contributed by atoms with Gasteiger partial charge in [0.15, 0.2) is 0 Å². The summed E-state index contributed by atoms with van der Waals surface area (Å²) in [6.07, 6.45) is -0.733. The van der Waals surface area contributed by atoms with Crippen LogP contribution in [0.3, 0.4) is 0 Å². The summed E-state index contributed by atoms with van der Waals surface area (Å²) in [5.41, 5.74) is 3.19. The summed E-state index contributed by atoms with van der Waals surface area (Å²) < 4.78 is 37.6. The van der Waals surface area contributed by atoms with Crippen LogP contribution in [0.15, 0.2) is 53.9 Å². The fraction of sp³-hybridized carbons (Fsp3) is 0.105. The lowest BCUT2D eigenvalue weighted by molar-refractivity contribution is -0.137. The molecule has 0 spiro atoms. The van der Waals surface area contributed by atoms with Crippen LogP contribution in [0, 0.1) is 6.92 Å². The number of aryl methyl sites for hydroxylation is 1. The van der Waals surface area contributed by atoms with E-state index in [1.54, 1.807) is 6.08 Å². The molecular formula is C19H14F3NS. The SMILES string of the molecule is Cc1ccc(-c2csc(C=Cc3ccc(C(F)(F)F)cc3)n2)cc1. The van der Waals surface area contributed by atoms with Gasteiger partial charge in [-0.15, -0.1) is 11.3 Å². The number of halogens is 3. The third-order valence-corrected chi connectivity index (χ3v) is 4.34. The van der Waals surface area contributed by atoms with Gasteiger partial charge < -0.3 is 0 Å². The number of benzene rings is 2. The molecule has 24 heavy (non-hydrogen) atoms. The number of alkyl halides is 3. The molecule has 0 bridgehead atoms. The van der Waals surface area contributed by atoms with Crippen molar-refractivity contribution in [3.8, 4) is 11.3 Å². The Hall–Kier alpha value is -2.40. The average Bonchev–Trinajstić information content (AvgIpc) is 3.02. The van der Waals surface area contributed by atoms with Gasteiger partial charge in [-0.25, -0.2) is 4.98 Å². The van der Waals surface area contributed by atoms with E-state index in [4.69, 9.17) is 0 Å². The molecule has 2 aromatic carbocycles. The molecule has 1 nitrogen and oxygen atoms in total. The third kappa shape index (κ3) is 3.92. The molecule has 0 unspecified atom stereocenters. The molecule has 0 saturated heterocycles. The summed E-state index contributed by atoms with van der Waals surface area (Å²) in [6.45, 7) is 2.03. The Morgan fingerprint density at radius 3 is 2.21 bits per heavy atom. The molecule has 3 rings (SSSR count). The molecular weight excluding hydrogens is 331 g/mol. The van der Waals surface area contributed by atoms with Gasteiger partial charge in [-0.1, -0.05) is 48.0 Å². The molecule has 122 valence electrons. The van der Waals surface area contributed by atoms with Crippen molar-refractivity contribution in [2.45, 2.75) is 13.1 Å². The van der Waals surface area contributed by atoms with Crippen LogP contribution < -0.4 is 0 Å². The third-order valence-electron chi connectivity index (χ3n) is 3.53. The highest BCUT2D eigenvalue weighted by Crippen LogP contribution is 2.29. The molecule has 0 amide bonds. The number of rotatable bonds is 3. The fourth-order valence-corrected chi connectivity index (χ4v) is 2.89. The highest BCUT2D eigenvalue weighted by atomic mass is 32.1. The van der Waals surface area contributed by atoms with Crippen molar-refractivity contribution in [3.05, 3.63) is 75.6 Å². The Kier molecular flexibility index (Phi) is 4.53. The quantitative estimate of drug-likeness (QED) is 0.542. The Morgan fingerprint density at radius 2 is 1.58 bits per heavy atom. The summed E-state index contributed by atoms with van der Waals surface area (Å²) in [6, 6.07) is 13.2. The van der Waals surface area contributed by atoms with Crippen molar-refractivity contribution in [2.75, 3.05) is 0 Å². The zero-order valence-corrected chi connectivity index (χ0v) is 13.7. The lowest BCUT2D eigenvalue weighted by Crippen LogP contribution is -2.03. The highest BCUT2D eigenvalue weighted by Gasteiger charge is 2.29. The first-order valence-electron chi connectivity index (χ1n) is 7.30. The zero-order chi connectivity index (χ0) is 17.2. The van der Waals surface area contributed by atoms with Gasteiger partial charge in [0.1, 0.15) is 5.01 Å². The van der Waals surface area contributed by atoms with E-state index in [2.05, 4.69) is 4.98 Å². The van der Waals surface area contributed by atoms with Gasteiger partial charge in [0.2, 0.25) is 0 Å². The molecule has 0 atom stereocenters. The van der Waals surface area contributed by atoms with E-state index in [0.717, 1.165) is 28.4 Å². The van der Waals surface area contributed by atoms with E-state index in [0.29, 0.717) is 5.56 Å². The monoisotopic (exact) mass is 345 g/mol. The molecule has 3 aromatic rings. The van der Waals surface area contributed by atoms with Crippen LogP contribution in [-0.2, 0) is 6.18 Å². The number of hydrogen-bond acceptors (Lipinski definition) is 2. The predicted molar refractivity (Wildman–Crippen MR) is 92.7 cm³/mol. The van der Waals surface area contributed by atoms with Crippen LogP contribution in [-0.4, -0.2) is 4.98 Å². The van der Waals surface area contributed by atoms with E-state index < -0.39 is 11.7 Å². The second-order valence-corrected chi connectivity index (χ2v) is 6.28. The Balaban J connectivity index is 1.74. The normalized spacial score (nSPS) is 12.0. The molecule has 1 heterocycles. The maximum atomic E-state index is 12.5. The number of hydrogen-bond donors (Lipinski definition) is 0. The minimum atomic E-state index is -4.31. The first-order chi connectivity index (χ1) is 11.4. The second-order valence-electron chi connectivity index (χ2n) is 5.39. The molecule has 0 N–H and O–H groups in total. The van der Waals surface area contributed by atoms with Crippen molar-refractivity contribution < 1.29 is 13.2 Å². The van der Waals surface area contributed by atoms with Crippen molar-refractivity contribution in [3.63, 3.8) is 0 Å². The number of aromatic nitrogens is 1. The van der Waals surface area contributed by atoms with Crippen LogP contribution in [0.4, 0.5) is 13.2 Å². The maximum absolute atomic E-state index is 12.5. The number of nitrogens with zero attached hydrogens (tertiary/aromatic N) is 1. The first-order valence-corrected chi connectivity index (χ1v) is 8.18. The Bertz CT molecular complexity index is 844. The lowest BCUT2D eigenvalue weighted by atomic mass is 10.1. The van der Waals surface area contributed by atoms with Crippen LogP contribution in [0.25, 0.3) is 23.4 Å². The van der Waals surface area contributed by atoms with E-state index in [9.17, 15) is 13.2 Å². The van der Waals surface area contributed by atoms with Gasteiger partial charge >= 0.3 is 6.18 Å². The maximum Gasteiger partial charge on any atom is 0.416 e. The van der Waals surface area contributed by atoms with Crippen LogP contribution in [0.2, 0.25) is 0 Å². The first kappa shape index (κ1) is 16.5. The van der Waals surface area contributed by atoms with Crippen LogP contribution in [0.5, 0.6) is 0 Å². The minimum Gasteiger partial charge on any atom is -0.237 e. The van der Waals surface area contributed by atoms with Gasteiger partial charge in [-0.2, -0.15) is 13.2 Å². The topological polar surface area (TPSA) is 12.9 Å². The zero-order valence-electron chi connectivity index (χ0n) is 12.8. The van der Waals surface area contributed by atoms with E-state index in [1.807, 2.05) is 42.6 Å². The second kappa shape index (κ2) is 6.61.